The molecule has 7 nitrogen and oxygen atoms in total. The van der Waals surface area contributed by atoms with Crippen LogP contribution in [0.5, 0.6) is 0 Å². The Hall–Kier alpha value is -3.22. The minimum Gasteiger partial charge on any atom is -0.401 e. The first kappa shape index (κ1) is 13.7. The van der Waals surface area contributed by atoms with E-state index in [1.807, 2.05) is 29.0 Å². The van der Waals surface area contributed by atoms with E-state index < -0.39 is 4.92 Å². The van der Waals surface area contributed by atoms with Gasteiger partial charge in [0.25, 0.3) is 0 Å². The molecule has 0 radical (unpaired) electrons. The maximum absolute atomic E-state index is 10.6. The summed E-state index contributed by atoms with van der Waals surface area (Å²) in [4.78, 5) is 18.5. The molecule has 0 aliphatic carbocycles. The van der Waals surface area contributed by atoms with Crippen molar-refractivity contribution in [3.63, 3.8) is 0 Å². The van der Waals surface area contributed by atoms with Crippen molar-refractivity contribution < 1.29 is 9.34 Å². The Morgan fingerprint density at radius 2 is 2.09 bits per heavy atom. The van der Waals surface area contributed by atoms with E-state index in [4.69, 9.17) is 4.42 Å². The van der Waals surface area contributed by atoms with Crippen LogP contribution in [0.3, 0.4) is 0 Å². The molecule has 3 heterocycles. The fourth-order valence-electron chi connectivity index (χ4n) is 1.97. The van der Waals surface area contributed by atoms with Gasteiger partial charge >= 0.3 is 5.88 Å². The van der Waals surface area contributed by atoms with Crippen molar-refractivity contribution in [2.45, 2.75) is 6.54 Å². The number of imidazole rings is 1. The first-order chi connectivity index (χ1) is 10.7. The largest absolute Gasteiger partial charge is 0.433 e. The van der Waals surface area contributed by atoms with Crippen molar-refractivity contribution >= 4 is 18.0 Å². The second kappa shape index (κ2) is 6.04. The Bertz CT molecular complexity index is 805. The minimum atomic E-state index is -0.570. The summed E-state index contributed by atoms with van der Waals surface area (Å²) in [6.07, 6.45) is 8.66. The normalized spacial score (nSPS) is 11.1. The zero-order valence-corrected chi connectivity index (χ0v) is 11.5. The van der Waals surface area contributed by atoms with Crippen LogP contribution >= 0.6 is 0 Å². The Labute approximate surface area is 125 Å². The SMILES string of the molecule is O=[N+]([O-])c1ccc(C=Cc2nccn2Cc2ccccn2)o1. The summed E-state index contributed by atoms with van der Waals surface area (Å²) < 4.78 is 6.99. The maximum atomic E-state index is 10.6. The highest BCUT2D eigenvalue weighted by atomic mass is 16.6. The van der Waals surface area contributed by atoms with Gasteiger partial charge in [-0.3, -0.25) is 15.1 Å². The molecule has 110 valence electrons. The molecular formula is C15H12N4O3. The number of hydrogen-bond acceptors (Lipinski definition) is 5. The molecule has 0 aliphatic heterocycles. The molecule has 0 aromatic carbocycles. The summed E-state index contributed by atoms with van der Waals surface area (Å²) in [5.74, 6) is 0.834. The molecule has 0 aliphatic rings. The van der Waals surface area contributed by atoms with Gasteiger partial charge in [0.15, 0.2) is 0 Å². The van der Waals surface area contributed by atoms with Crippen LogP contribution in [-0.4, -0.2) is 19.5 Å². The highest BCUT2D eigenvalue weighted by Crippen LogP contribution is 2.17. The molecule has 7 heteroatoms. The lowest BCUT2D eigenvalue weighted by Crippen LogP contribution is -2.02. The second-order valence-electron chi connectivity index (χ2n) is 4.50. The van der Waals surface area contributed by atoms with Crippen molar-refractivity contribution in [1.29, 1.82) is 0 Å². The third-order valence-corrected chi connectivity index (χ3v) is 3.00. The van der Waals surface area contributed by atoms with Gasteiger partial charge < -0.3 is 8.98 Å². The van der Waals surface area contributed by atoms with Gasteiger partial charge in [-0.1, -0.05) is 6.07 Å². The lowest BCUT2D eigenvalue weighted by Gasteiger charge is -2.03. The van der Waals surface area contributed by atoms with Crippen molar-refractivity contribution in [1.82, 2.24) is 14.5 Å². The first-order valence-corrected chi connectivity index (χ1v) is 6.56. The highest BCUT2D eigenvalue weighted by molar-refractivity contribution is 5.64. The second-order valence-corrected chi connectivity index (χ2v) is 4.50. The molecule has 3 rings (SSSR count). The van der Waals surface area contributed by atoms with E-state index in [1.165, 1.54) is 6.07 Å². The van der Waals surface area contributed by atoms with Crippen LogP contribution < -0.4 is 0 Å². The quantitative estimate of drug-likeness (QED) is 0.533. The van der Waals surface area contributed by atoms with E-state index in [1.54, 1.807) is 30.6 Å². The summed E-state index contributed by atoms with van der Waals surface area (Å²) in [7, 11) is 0. The van der Waals surface area contributed by atoms with E-state index in [-0.39, 0.29) is 5.88 Å². The Morgan fingerprint density at radius 3 is 2.82 bits per heavy atom. The van der Waals surface area contributed by atoms with E-state index in [0.29, 0.717) is 18.1 Å². The summed E-state index contributed by atoms with van der Waals surface area (Å²) in [6.45, 7) is 0.596. The molecule has 0 saturated carbocycles. The van der Waals surface area contributed by atoms with Crippen LogP contribution in [0.4, 0.5) is 5.88 Å². The van der Waals surface area contributed by atoms with Gasteiger partial charge in [-0.05, 0) is 30.4 Å². The maximum Gasteiger partial charge on any atom is 0.433 e. The van der Waals surface area contributed by atoms with Crippen LogP contribution in [0.2, 0.25) is 0 Å². The van der Waals surface area contributed by atoms with Gasteiger partial charge in [-0.15, -0.1) is 0 Å². The summed E-state index contributed by atoms with van der Waals surface area (Å²) in [6, 6.07) is 8.59. The van der Waals surface area contributed by atoms with Crippen LogP contribution in [-0.2, 0) is 6.54 Å². The lowest BCUT2D eigenvalue weighted by atomic mass is 10.3. The van der Waals surface area contributed by atoms with Crippen LogP contribution in [0.1, 0.15) is 17.3 Å². The summed E-state index contributed by atoms with van der Waals surface area (Å²) in [5, 5.41) is 10.6. The molecule has 0 amide bonds. The number of pyridine rings is 1. The van der Waals surface area contributed by atoms with E-state index in [2.05, 4.69) is 9.97 Å². The summed E-state index contributed by atoms with van der Waals surface area (Å²) in [5.41, 5.74) is 0.920. The molecule has 0 spiro atoms. The van der Waals surface area contributed by atoms with Gasteiger partial charge in [-0.25, -0.2) is 4.98 Å². The predicted octanol–water partition coefficient (Wildman–Crippen LogP) is 3.00. The highest BCUT2D eigenvalue weighted by Gasteiger charge is 2.10. The average molecular weight is 296 g/mol. The molecule has 3 aromatic heterocycles. The average Bonchev–Trinajstić information content (AvgIpc) is 3.15. The zero-order chi connectivity index (χ0) is 15.4. The number of hydrogen-bond donors (Lipinski definition) is 0. The molecule has 0 N–H and O–H groups in total. The fraction of sp³-hybridized carbons (Fsp3) is 0.0667. The Morgan fingerprint density at radius 1 is 1.18 bits per heavy atom. The molecular weight excluding hydrogens is 284 g/mol. The van der Waals surface area contributed by atoms with Gasteiger partial charge in [0.2, 0.25) is 0 Å². The third-order valence-electron chi connectivity index (χ3n) is 3.00. The number of nitrogens with zero attached hydrogens (tertiary/aromatic N) is 4. The fourth-order valence-corrected chi connectivity index (χ4v) is 1.97. The van der Waals surface area contributed by atoms with Crippen molar-refractivity contribution in [2.75, 3.05) is 0 Å². The number of rotatable bonds is 5. The van der Waals surface area contributed by atoms with E-state index in [9.17, 15) is 10.1 Å². The van der Waals surface area contributed by atoms with E-state index >= 15 is 0 Å². The molecule has 0 atom stereocenters. The lowest BCUT2D eigenvalue weighted by molar-refractivity contribution is -0.402. The topological polar surface area (TPSA) is 87.0 Å². The van der Waals surface area contributed by atoms with E-state index in [0.717, 1.165) is 5.69 Å². The third kappa shape index (κ3) is 3.09. The van der Waals surface area contributed by atoms with Crippen LogP contribution in [0.25, 0.3) is 12.2 Å². The molecule has 0 unspecified atom stereocenters. The van der Waals surface area contributed by atoms with Crippen LogP contribution in [0.15, 0.2) is 53.3 Å². The minimum absolute atomic E-state index is 0.281. The summed E-state index contributed by atoms with van der Waals surface area (Å²) >= 11 is 0. The molecule has 0 fully saturated rings. The smallest absolute Gasteiger partial charge is 0.401 e. The zero-order valence-electron chi connectivity index (χ0n) is 11.5. The number of aromatic nitrogens is 3. The van der Waals surface area contributed by atoms with Gasteiger partial charge in [-0.2, -0.15) is 0 Å². The monoisotopic (exact) mass is 296 g/mol. The molecule has 0 saturated heterocycles. The van der Waals surface area contributed by atoms with Gasteiger partial charge in [0.05, 0.1) is 18.3 Å². The molecule has 22 heavy (non-hydrogen) atoms. The van der Waals surface area contributed by atoms with Crippen LogP contribution in [0, 0.1) is 10.1 Å². The number of furan rings is 1. The standard InChI is InChI=1S/C15H12N4O3/c20-19(21)15-7-5-13(22-15)4-6-14-17-9-10-18(14)11-12-3-1-2-8-16-12/h1-10H,11H2. The van der Waals surface area contributed by atoms with Crippen molar-refractivity contribution in [2.24, 2.45) is 0 Å². The van der Waals surface area contributed by atoms with Gasteiger partial charge in [0.1, 0.15) is 16.5 Å². The van der Waals surface area contributed by atoms with Crippen molar-refractivity contribution in [3.05, 3.63) is 76.3 Å². The Balaban J connectivity index is 1.77. The van der Waals surface area contributed by atoms with Crippen molar-refractivity contribution in [3.8, 4) is 0 Å². The Kier molecular flexibility index (Phi) is 3.78. The molecule has 0 bridgehead atoms. The number of nitro groups is 1. The molecule has 3 aromatic rings. The predicted molar refractivity (Wildman–Crippen MR) is 79.9 cm³/mol. The first-order valence-electron chi connectivity index (χ1n) is 6.56. The van der Waals surface area contributed by atoms with Gasteiger partial charge in [0, 0.05) is 18.6 Å².